The van der Waals surface area contributed by atoms with E-state index >= 15 is 0 Å². The maximum Gasteiger partial charge on any atom is 0.242 e. The molecule has 4 aliphatic rings. The number of ether oxygens (including phenoxy) is 3. The molecule has 0 aromatic heterocycles. The number of fused-ring (bicyclic) bond motifs is 5. The van der Waals surface area contributed by atoms with Gasteiger partial charge in [0.25, 0.3) is 0 Å². The van der Waals surface area contributed by atoms with Gasteiger partial charge in [0.05, 0.1) is 39.1 Å². The average molecular weight is 391 g/mol. The second-order valence-electron chi connectivity index (χ2n) is 8.48. The van der Waals surface area contributed by atoms with Crippen molar-refractivity contribution >= 4 is 11.6 Å². The van der Waals surface area contributed by atoms with E-state index < -0.39 is 5.41 Å². The van der Waals surface area contributed by atoms with Crippen LogP contribution in [-0.2, 0) is 32.5 Å². The molecule has 1 spiro atoms. The van der Waals surface area contributed by atoms with E-state index in [0.717, 1.165) is 54.9 Å². The Morgan fingerprint density at radius 2 is 1.97 bits per heavy atom. The smallest absolute Gasteiger partial charge is 0.242 e. The fraction of sp³-hybridized carbons (Fsp3) is 0.458. The number of para-hydroxylation sites is 1. The molecule has 0 radical (unpaired) electrons. The molecule has 5 nitrogen and oxygen atoms in total. The van der Waals surface area contributed by atoms with E-state index in [-0.39, 0.29) is 12.0 Å². The molecule has 29 heavy (non-hydrogen) atoms. The van der Waals surface area contributed by atoms with Gasteiger partial charge in [-0.15, -0.1) is 0 Å². The number of nitrogens with zero attached hydrogens (tertiary/aromatic N) is 1. The molecule has 2 aromatic carbocycles. The van der Waals surface area contributed by atoms with E-state index in [9.17, 15) is 4.79 Å². The van der Waals surface area contributed by atoms with Crippen molar-refractivity contribution < 1.29 is 19.0 Å². The summed E-state index contributed by atoms with van der Waals surface area (Å²) in [5.41, 5.74) is 5.26. The molecule has 150 valence electrons. The van der Waals surface area contributed by atoms with Crippen LogP contribution in [-0.4, -0.2) is 45.0 Å². The van der Waals surface area contributed by atoms with Crippen LogP contribution in [0.4, 0.5) is 5.69 Å². The fourth-order valence-electron chi connectivity index (χ4n) is 5.61. The number of hydrogen-bond acceptors (Lipinski definition) is 4. The quantitative estimate of drug-likeness (QED) is 0.790. The Kier molecular flexibility index (Phi) is 3.96. The van der Waals surface area contributed by atoms with Crippen molar-refractivity contribution in [2.24, 2.45) is 0 Å². The van der Waals surface area contributed by atoms with Gasteiger partial charge in [0.15, 0.2) is 0 Å². The topological polar surface area (TPSA) is 48.0 Å². The normalized spacial score (nSPS) is 27.5. The largest absolute Gasteiger partial charge is 0.493 e. The average Bonchev–Trinajstić information content (AvgIpc) is 3.31. The van der Waals surface area contributed by atoms with Crippen molar-refractivity contribution in [2.45, 2.75) is 37.2 Å². The Bertz CT molecular complexity index is 981. The Labute approximate surface area is 170 Å². The molecule has 5 heteroatoms. The highest BCUT2D eigenvalue weighted by molar-refractivity contribution is 6.11. The lowest BCUT2D eigenvalue weighted by molar-refractivity contribution is -0.124. The van der Waals surface area contributed by atoms with Crippen molar-refractivity contribution in [3.8, 4) is 5.75 Å². The first kappa shape index (κ1) is 17.5. The first-order chi connectivity index (χ1) is 14.3. The summed E-state index contributed by atoms with van der Waals surface area (Å²) in [6.45, 7) is 3.03. The molecule has 0 bridgehead atoms. The number of hydrogen-bond donors (Lipinski definition) is 0. The van der Waals surface area contributed by atoms with Crippen molar-refractivity contribution in [1.29, 1.82) is 0 Å². The van der Waals surface area contributed by atoms with Crippen LogP contribution in [0.2, 0.25) is 0 Å². The minimum atomic E-state index is -0.610. The molecule has 3 heterocycles. The molecule has 1 aliphatic carbocycles. The number of carbonyl (C=O) groups excluding carboxylic acids is 1. The molecule has 1 saturated heterocycles. The Hall–Kier alpha value is -2.37. The molecule has 6 rings (SSSR count). The molecule has 1 unspecified atom stereocenters. The summed E-state index contributed by atoms with van der Waals surface area (Å²) >= 11 is 0. The monoisotopic (exact) mass is 391 g/mol. The summed E-state index contributed by atoms with van der Waals surface area (Å²) in [5, 5.41) is 0. The standard InChI is InChI=1S/C24H25NO4/c26-23-24(8-3-4-16-12-17-7-9-29-22(17)13-20(16)24)19-5-1-2-6-21(19)25(23)14-18-15-27-10-11-28-18/h1-2,5-6,12-13,18H,3-4,7-11,14-15H2/t18-,24?/m1/s1. The zero-order valence-corrected chi connectivity index (χ0v) is 16.5. The van der Waals surface area contributed by atoms with Gasteiger partial charge in [-0.25, -0.2) is 0 Å². The van der Waals surface area contributed by atoms with Crippen LogP contribution < -0.4 is 9.64 Å². The molecule has 1 amide bonds. The van der Waals surface area contributed by atoms with Gasteiger partial charge >= 0.3 is 0 Å². The number of anilines is 1. The van der Waals surface area contributed by atoms with Crippen LogP contribution in [0.3, 0.4) is 0 Å². The number of amides is 1. The second kappa shape index (κ2) is 6.57. The van der Waals surface area contributed by atoms with Crippen LogP contribution in [0.25, 0.3) is 0 Å². The zero-order chi connectivity index (χ0) is 19.4. The first-order valence-corrected chi connectivity index (χ1v) is 10.7. The maximum absolute atomic E-state index is 14.1. The predicted molar refractivity (Wildman–Crippen MR) is 109 cm³/mol. The van der Waals surface area contributed by atoms with Crippen LogP contribution >= 0.6 is 0 Å². The molecule has 2 aromatic rings. The highest BCUT2D eigenvalue weighted by Crippen LogP contribution is 2.53. The molecular weight excluding hydrogens is 366 g/mol. The lowest BCUT2D eigenvalue weighted by Gasteiger charge is -2.36. The lowest BCUT2D eigenvalue weighted by atomic mass is 9.66. The van der Waals surface area contributed by atoms with E-state index in [2.05, 4.69) is 30.3 Å². The fourth-order valence-corrected chi connectivity index (χ4v) is 5.61. The molecule has 0 N–H and O–H groups in total. The summed E-state index contributed by atoms with van der Waals surface area (Å²) in [7, 11) is 0. The maximum atomic E-state index is 14.1. The summed E-state index contributed by atoms with van der Waals surface area (Å²) in [6, 6.07) is 12.7. The van der Waals surface area contributed by atoms with Crippen LogP contribution in [0.1, 0.15) is 35.1 Å². The third-order valence-corrected chi connectivity index (χ3v) is 6.91. The summed E-state index contributed by atoms with van der Waals surface area (Å²) in [6.07, 6.45) is 3.77. The van der Waals surface area contributed by atoms with E-state index in [4.69, 9.17) is 14.2 Å². The van der Waals surface area contributed by atoms with E-state index in [1.165, 1.54) is 11.1 Å². The van der Waals surface area contributed by atoms with Gasteiger partial charge in [-0.2, -0.15) is 0 Å². The molecular formula is C24H25NO4. The van der Waals surface area contributed by atoms with Crippen LogP contribution in [0, 0.1) is 0 Å². The summed E-state index contributed by atoms with van der Waals surface area (Å²) in [4.78, 5) is 16.0. The first-order valence-electron chi connectivity index (χ1n) is 10.7. The number of rotatable bonds is 2. The van der Waals surface area contributed by atoms with E-state index in [1.807, 2.05) is 11.0 Å². The van der Waals surface area contributed by atoms with Crippen molar-refractivity contribution in [1.82, 2.24) is 0 Å². The summed E-state index contributed by atoms with van der Waals surface area (Å²) in [5.74, 6) is 1.13. The highest BCUT2D eigenvalue weighted by Gasteiger charge is 2.54. The Morgan fingerprint density at radius 3 is 2.86 bits per heavy atom. The summed E-state index contributed by atoms with van der Waals surface area (Å²) < 4.78 is 17.3. The Morgan fingerprint density at radius 1 is 1.03 bits per heavy atom. The van der Waals surface area contributed by atoms with Gasteiger partial charge in [0, 0.05) is 12.1 Å². The van der Waals surface area contributed by atoms with Crippen LogP contribution in [0.15, 0.2) is 36.4 Å². The minimum absolute atomic E-state index is 0.0812. The third kappa shape index (κ3) is 2.50. The van der Waals surface area contributed by atoms with Crippen molar-refractivity contribution in [2.75, 3.05) is 37.9 Å². The van der Waals surface area contributed by atoms with Gasteiger partial charge in [0.2, 0.25) is 5.91 Å². The minimum Gasteiger partial charge on any atom is -0.493 e. The lowest BCUT2D eigenvalue weighted by Crippen LogP contribution is -2.47. The van der Waals surface area contributed by atoms with E-state index in [0.29, 0.717) is 26.4 Å². The van der Waals surface area contributed by atoms with Gasteiger partial charge in [-0.1, -0.05) is 24.3 Å². The molecule has 1 fully saturated rings. The number of carbonyl (C=O) groups is 1. The third-order valence-electron chi connectivity index (χ3n) is 6.91. The Balaban J connectivity index is 1.48. The second-order valence-corrected chi connectivity index (χ2v) is 8.48. The van der Waals surface area contributed by atoms with Crippen molar-refractivity contribution in [3.05, 3.63) is 58.7 Å². The van der Waals surface area contributed by atoms with Gasteiger partial charge in [-0.3, -0.25) is 4.79 Å². The van der Waals surface area contributed by atoms with E-state index in [1.54, 1.807) is 0 Å². The zero-order valence-electron chi connectivity index (χ0n) is 16.5. The van der Waals surface area contributed by atoms with Gasteiger partial charge < -0.3 is 19.1 Å². The SMILES string of the molecule is O=C1N(C[C@@H]2COCCO2)c2ccccc2C12CCCc1cc3c(cc12)OCC3. The predicted octanol–water partition coefficient (Wildman–Crippen LogP) is 3.01. The van der Waals surface area contributed by atoms with Gasteiger partial charge in [-0.05, 0) is 53.6 Å². The molecule has 0 saturated carbocycles. The number of benzene rings is 2. The highest BCUT2D eigenvalue weighted by atomic mass is 16.6. The molecule has 3 aliphatic heterocycles. The van der Waals surface area contributed by atoms with Crippen LogP contribution in [0.5, 0.6) is 5.75 Å². The van der Waals surface area contributed by atoms with Crippen molar-refractivity contribution in [3.63, 3.8) is 0 Å². The molecule has 2 atom stereocenters. The number of aryl methyl sites for hydroxylation is 1. The van der Waals surface area contributed by atoms with Gasteiger partial charge in [0.1, 0.15) is 11.2 Å².